The van der Waals surface area contributed by atoms with Crippen LogP contribution in [0.4, 0.5) is 17.5 Å². The molecule has 1 atom stereocenters. The highest BCUT2D eigenvalue weighted by molar-refractivity contribution is 5.87. The standard InChI is InChI=1S/C26H23N9O/c1-16-9-18(3-6-23(16)36-19-4-5-22-20(10-19)31-15-34(22)2)32-25-24-21(29-14-30-25)12-28-26(33-24)35-8-7-17(11-27)13-35/h3-6,9-10,12,14-15,17H,7-8,13H2,1-2H3,(H,29,30,32)/t17-/m1/s1. The van der Waals surface area contributed by atoms with Crippen LogP contribution in [0.25, 0.3) is 22.1 Å². The fraction of sp³-hybridized carbons (Fsp3) is 0.231. The van der Waals surface area contributed by atoms with E-state index in [4.69, 9.17) is 9.72 Å². The SMILES string of the molecule is Cc1cc(Nc2ncnc3cnc(N4CC[C@H](C#N)C4)nc23)ccc1Oc1ccc2c(c1)ncn2C. The van der Waals surface area contributed by atoms with Gasteiger partial charge in [-0.2, -0.15) is 5.26 Å². The highest BCUT2D eigenvalue weighted by Crippen LogP contribution is 2.31. The number of nitrogens with zero attached hydrogens (tertiary/aromatic N) is 8. The zero-order valence-corrected chi connectivity index (χ0v) is 19.9. The summed E-state index contributed by atoms with van der Waals surface area (Å²) in [6, 6.07) is 14.1. The van der Waals surface area contributed by atoms with Gasteiger partial charge in [-0.25, -0.2) is 24.9 Å². The van der Waals surface area contributed by atoms with E-state index < -0.39 is 0 Å². The Kier molecular flexibility index (Phi) is 5.30. The number of benzene rings is 2. The predicted molar refractivity (Wildman–Crippen MR) is 136 cm³/mol. The number of anilines is 3. The van der Waals surface area contributed by atoms with E-state index in [2.05, 4.69) is 31.3 Å². The van der Waals surface area contributed by atoms with Gasteiger partial charge in [0.25, 0.3) is 0 Å². The number of fused-ring (bicyclic) bond motifs is 2. The second kappa shape index (κ2) is 8.78. The molecule has 5 aromatic rings. The number of hydrogen-bond acceptors (Lipinski definition) is 9. The van der Waals surface area contributed by atoms with E-state index in [-0.39, 0.29) is 5.92 Å². The third kappa shape index (κ3) is 4.01. The number of hydrogen-bond donors (Lipinski definition) is 1. The van der Waals surface area contributed by atoms with E-state index in [0.29, 0.717) is 29.3 Å². The molecule has 1 aliphatic heterocycles. The van der Waals surface area contributed by atoms with Crippen molar-refractivity contribution in [2.45, 2.75) is 13.3 Å². The van der Waals surface area contributed by atoms with Crippen LogP contribution < -0.4 is 15.0 Å². The lowest BCUT2D eigenvalue weighted by Gasteiger charge is -2.16. The number of aromatic nitrogens is 6. The van der Waals surface area contributed by atoms with Gasteiger partial charge in [-0.15, -0.1) is 0 Å². The second-order valence-electron chi connectivity index (χ2n) is 8.90. The molecule has 1 aliphatic rings. The summed E-state index contributed by atoms with van der Waals surface area (Å²) in [5, 5.41) is 12.6. The van der Waals surface area contributed by atoms with Crippen LogP contribution in [0, 0.1) is 24.2 Å². The molecule has 0 bridgehead atoms. The number of aryl methyl sites for hydroxylation is 2. The van der Waals surface area contributed by atoms with Crippen LogP contribution in [0.15, 0.2) is 55.2 Å². The topological polar surface area (TPSA) is 118 Å². The third-order valence-electron chi connectivity index (χ3n) is 6.38. The summed E-state index contributed by atoms with van der Waals surface area (Å²) in [5.41, 5.74) is 5.04. The fourth-order valence-electron chi connectivity index (χ4n) is 4.42. The van der Waals surface area contributed by atoms with Crippen molar-refractivity contribution >= 4 is 39.5 Å². The van der Waals surface area contributed by atoms with Crippen LogP contribution in [0.1, 0.15) is 12.0 Å². The first-order valence-corrected chi connectivity index (χ1v) is 11.7. The van der Waals surface area contributed by atoms with Crippen molar-refractivity contribution in [2.75, 3.05) is 23.3 Å². The number of imidazole rings is 1. The molecule has 10 nitrogen and oxygen atoms in total. The van der Waals surface area contributed by atoms with Gasteiger partial charge in [0.15, 0.2) is 5.82 Å². The van der Waals surface area contributed by atoms with E-state index in [1.165, 1.54) is 6.33 Å². The normalized spacial score (nSPS) is 15.4. The Morgan fingerprint density at radius 2 is 2.00 bits per heavy atom. The monoisotopic (exact) mass is 477 g/mol. The number of ether oxygens (including phenoxy) is 1. The molecule has 10 heteroatoms. The Labute approximate surface area is 207 Å². The smallest absolute Gasteiger partial charge is 0.226 e. The molecule has 178 valence electrons. The first kappa shape index (κ1) is 21.7. The van der Waals surface area contributed by atoms with E-state index in [1.807, 2.05) is 59.8 Å². The molecule has 0 amide bonds. The lowest BCUT2D eigenvalue weighted by atomic mass is 10.1. The molecule has 4 heterocycles. The van der Waals surface area contributed by atoms with Gasteiger partial charge in [0.2, 0.25) is 5.95 Å². The predicted octanol–water partition coefficient (Wildman–Crippen LogP) is 4.50. The molecule has 0 unspecified atom stereocenters. The van der Waals surface area contributed by atoms with Gasteiger partial charge in [-0.05, 0) is 49.2 Å². The van der Waals surface area contributed by atoms with Gasteiger partial charge in [0.1, 0.15) is 28.9 Å². The van der Waals surface area contributed by atoms with Crippen LogP contribution in [-0.2, 0) is 7.05 Å². The van der Waals surface area contributed by atoms with Gasteiger partial charge in [-0.3, -0.25) is 0 Å². The maximum absolute atomic E-state index is 9.22. The van der Waals surface area contributed by atoms with Gasteiger partial charge in [0, 0.05) is 31.9 Å². The molecule has 3 aromatic heterocycles. The summed E-state index contributed by atoms with van der Waals surface area (Å²) in [6.07, 6.45) is 5.80. The minimum atomic E-state index is 0.00324. The average molecular weight is 478 g/mol. The molecule has 36 heavy (non-hydrogen) atoms. The number of nitriles is 1. The summed E-state index contributed by atoms with van der Waals surface area (Å²) in [5.74, 6) is 2.67. The average Bonchev–Trinajstić information content (AvgIpc) is 3.52. The summed E-state index contributed by atoms with van der Waals surface area (Å²) in [4.78, 5) is 24.4. The minimum absolute atomic E-state index is 0.00324. The Morgan fingerprint density at radius 1 is 1.08 bits per heavy atom. The van der Waals surface area contributed by atoms with Crippen molar-refractivity contribution < 1.29 is 4.74 Å². The van der Waals surface area contributed by atoms with E-state index in [9.17, 15) is 5.26 Å². The molecule has 0 spiro atoms. The van der Waals surface area contributed by atoms with E-state index in [1.54, 1.807) is 12.5 Å². The molecular formula is C26H23N9O. The molecular weight excluding hydrogens is 454 g/mol. The Morgan fingerprint density at radius 3 is 2.83 bits per heavy atom. The van der Waals surface area contributed by atoms with Crippen LogP contribution in [0.5, 0.6) is 11.5 Å². The molecule has 6 rings (SSSR count). The quantitative estimate of drug-likeness (QED) is 0.390. The Balaban J connectivity index is 1.24. The van der Waals surface area contributed by atoms with Crippen molar-refractivity contribution in [2.24, 2.45) is 13.0 Å². The highest BCUT2D eigenvalue weighted by Gasteiger charge is 2.24. The van der Waals surface area contributed by atoms with Crippen molar-refractivity contribution in [3.8, 4) is 17.6 Å². The van der Waals surface area contributed by atoms with Crippen molar-refractivity contribution in [3.05, 3.63) is 60.8 Å². The maximum atomic E-state index is 9.22. The Hall–Kier alpha value is -4.78. The first-order chi connectivity index (χ1) is 17.6. The zero-order chi connectivity index (χ0) is 24.6. The second-order valence-corrected chi connectivity index (χ2v) is 8.90. The summed E-state index contributed by atoms with van der Waals surface area (Å²) >= 11 is 0. The molecule has 0 radical (unpaired) electrons. The summed E-state index contributed by atoms with van der Waals surface area (Å²) in [7, 11) is 1.97. The number of rotatable bonds is 5. The summed E-state index contributed by atoms with van der Waals surface area (Å²) in [6.45, 7) is 3.39. The fourth-order valence-corrected chi connectivity index (χ4v) is 4.42. The minimum Gasteiger partial charge on any atom is -0.457 e. The van der Waals surface area contributed by atoms with Crippen LogP contribution in [-0.4, -0.2) is 42.6 Å². The van der Waals surface area contributed by atoms with Gasteiger partial charge < -0.3 is 19.5 Å². The van der Waals surface area contributed by atoms with Crippen molar-refractivity contribution in [1.29, 1.82) is 5.26 Å². The van der Waals surface area contributed by atoms with E-state index >= 15 is 0 Å². The third-order valence-corrected chi connectivity index (χ3v) is 6.38. The number of nitrogens with one attached hydrogen (secondary N) is 1. The molecule has 2 aromatic carbocycles. The van der Waals surface area contributed by atoms with Crippen LogP contribution in [0.3, 0.4) is 0 Å². The molecule has 1 saturated heterocycles. The Bertz CT molecular complexity index is 1640. The molecule has 1 N–H and O–H groups in total. The van der Waals surface area contributed by atoms with Crippen molar-refractivity contribution in [3.63, 3.8) is 0 Å². The zero-order valence-electron chi connectivity index (χ0n) is 19.9. The van der Waals surface area contributed by atoms with Crippen LogP contribution >= 0.6 is 0 Å². The van der Waals surface area contributed by atoms with Gasteiger partial charge >= 0.3 is 0 Å². The van der Waals surface area contributed by atoms with Crippen molar-refractivity contribution in [1.82, 2.24) is 29.5 Å². The molecule has 1 fully saturated rings. The first-order valence-electron chi connectivity index (χ1n) is 11.7. The van der Waals surface area contributed by atoms with Crippen LogP contribution in [0.2, 0.25) is 0 Å². The lowest BCUT2D eigenvalue weighted by molar-refractivity contribution is 0.479. The van der Waals surface area contributed by atoms with Gasteiger partial charge in [0.05, 0.1) is 35.5 Å². The lowest BCUT2D eigenvalue weighted by Crippen LogP contribution is -2.22. The largest absolute Gasteiger partial charge is 0.457 e. The summed E-state index contributed by atoms with van der Waals surface area (Å²) < 4.78 is 8.12. The maximum Gasteiger partial charge on any atom is 0.226 e. The van der Waals surface area contributed by atoms with E-state index in [0.717, 1.165) is 46.7 Å². The van der Waals surface area contributed by atoms with Gasteiger partial charge in [-0.1, -0.05) is 0 Å². The highest BCUT2D eigenvalue weighted by atomic mass is 16.5. The molecule has 0 aliphatic carbocycles. The molecule has 0 saturated carbocycles.